The van der Waals surface area contributed by atoms with E-state index in [1.54, 1.807) is 15.9 Å². The third-order valence-corrected chi connectivity index (χ3v) is 14.7. The molecule has 1 aromatic rings. The van der Waals surface area contributed by atoms with Gasteiger partial charge in [0.2, 0.25) is 0 Å². The summed E-state index contributed by atoms with van der Waals surface area (Å²) in [5.74, 6) is 0. The maximum absolute atomic E-state index is 3.97. The second-order valence-corrected chi connectivity index (χ2v) is 19.7. The minimum absolute atomic E-state index is 0.112. The van der Waals surface area contributed by atoms with Gasteiger partial charge in [0.15, 0.2) is 0 Å². The molecule has 0 spiro atoms. The number of allylic oxidation sites excluding steroid dienone is 4. The van der Waals surface area contributed by atoms with Gasteiger partial charge in [-0.2, -0.15) is 0 Å². The molecule has 0 saturated heterocycles. The molecule has 26 heavy (non-hydrogen) atoms. The predicted octanol–water partition coefficient (Wildman–Crippen LogP) is 6.49. The Morgan fingerprint density at radius 2 is 1.50 bits per heavy atom. The van der Waals surface area contributed by atoms with Crippen molar-refractivity contribution >= 4 is 26.5 Å². The molecule has 1 aliphatic rings. The number of unbranched alkanes of at least 4 members (excludes halogenated alkanes) is 1. The van der Waals surface area contributed by atoms with Crippen LogP contribution in [0.15, 0.2) is 34.9 Å². The highest BCUT2D eigenvalue weighted by atomic mass is 28.3. The third-order valence-electron chi connectivity index (χ3n) is 7.03. The van der Waals surface area contributed by atoms with Crippen LogP contribution in [0.3, 0.4) is 0 Å². The summed E-state index contributed by atoms with van der Waals surface area (Å²) in [6, 6.07) is 8.90. The van der Waals surface area contributed by atoms with Crippen molar-refractivity contribution in [1.29, 1.82) is 0 Å². The van der Waals surface area contributed by atoms with Crippen LogP contribution < -0.4 is 10.4 Å². The first kappa shape index (κ1) is 21.4. The molecule has 2 rings (SSSR count). The predicted molar refractivity (Wildman–Crippen MR) is 124 cm³/mol. The van der Waals surface area contributed by atoms with Crippen LogP contribution in [0.1, 0.15) is 53.0 Å². The molecule has 143 valence electrons. The maximum Gasteiger partial charge on any atom is 0.0984 e. The molecule has 0 heterocycles. The van der Waals surface area contributed by atoms with Gasteiger partial charge >= 0.3 is 0 Å². The van der Waals surface area contributed by atoms with E-state index in [2.05, 4.69) is 92.0 Å². The van der Waals surface area contributed by atoms with Crippen LogP contribution >= 0.6 is 0 Å². The molecule has 1 radical (unpaired) electrons. The van der Waals surface area contributed by atoms with Crippen LogP contribution in [0.25, 0.3) is 0 Å². The Hall–Kier alpha value is -0.866. The molecule has 0 saturated carbocycles. The molecule has 0 aliphatic heterocycles. The Balaban J connectivity index is 2.72. The van der Waals surface area contributed by atoms with E-state index in [1.807, 2.05) is 0 Å². The minimum atomic E-state index is -1.79. The quantitative estimate of drug-likeness (QED) is 0.493. The molecule has 1 aromatic carbocycles. The van der Waals surface area contributed by atoms with Crippen LogP contribution in [0.5, 0.6) is 0 Å². The summed E-state index contributed by atoms with van der Waals surface area (Å²) in [5.41, 5.74) is 5.85. The first-order valence-corrected chi connectivity index (χ1v) is 16.5. The summed E-state index contributed by atoms with van der Waals surface area (Å²) in [6.07, 6.45) is 6.57. The lowest BCUT2D eigenvalue weighted by Crippen LogP contribution is -2.56. The Morgan fingerprint density at radius 1 is 0.923 bits per heavy atom. The third kappa shape index (κ3) is 3.60. The highest BCUT2D eigenvalue weighted by Gasteiger charge is 2.50. The second-order valence-electron chi connectivity index (χ2n) is 9.90. The minimum Gasteiger partial charge on any atom is -0.0656 e. The second kappa shape index (κ2) is 7.28. The van der Waals surface area contributed by atoms with Gasteiger partial charge in [0.05, 0.1) is 16.1 Å². The molecule has 2 atom stereocenters. The molecule has 0 fully saturated rings. The Kier molecular flexibility index (Phi) is 6.00. The average molecular weight is 384 g/mol. The summed E-state index contributed by atoms with van der Waals surface area (Å²) in [5, 5.41) is 3.38. The normalized spacial score (nSPS) is 23.2. The lowest BCUT2D eigenvalue weighted by Gasteiger charge is -2.44. The fraction of sp³-hybridized carbons (Fsp3) is 0.583. The summed E-state index contributed by atoms with van der Waals surface area (Å²) < 4.78 is 0. The number of benzene rings is 1. The van der Waals surface area contributed by atoms with Crippen molar-refractivity contribution in [2.24, 2.45) is 0 Å². The highest BCUT2D eigenvalue weighted by molar-refractivity contribution is 6.95. The molecular weight excluding hydrogens is 344 g/mol. The van der Waals surface area contributed by atoms with Gasteiger partial charge < -0.3 is 0 Å². The zero-order valence-corrected chi connectivity index (χ0v) is 20.9. The number of rotatable bonds is 6. The monoisotopic (exact) mass is 383 g/mol. The summed E-state index contributed by atoms with van der Waals surface area (Å²) >= 11 is 0. The van der Waals surface area contributed by atoms with E-state index >= 15 is 0 Å². The number of aryl methyl sites for hydroxylation is 1. The van der Waals surface area contributed by atoms with E-state index in [1.165, 1.54) is 35.6 Å². The molecule has 2 heteroatoms. The van der Waals surface area contributed by atoms with E-state index in [-0.39, 0.29) is 5.04 Å². The van der Waals surface area contributed by atoms with Gasteiger partial charge in [-0.25, -0.2) is 0 Å². The van der Waals surface area contributed by atoms with Crippen molar-refractivity contribution in [3.8, 4) is 0 Å². The van der Waals surface area contributed by atoms with Crippen LogP contribution in [0, 0.1) is 13.0 Å². The molecule has 1 aliphatic carbocycles. The maximum atomic E-state index is 3.97. The Morgan fingerprint density at radius 3 is 1.96 bits per heavy atom. The van der Waals surface area contributed by atoms with Gasteiger partial charge in [0.25, 0.3) is 0 Å². The molecule has 0 aromatic heterocycles. The Labute approximate surface area is 164 Å². The lowest BCUT2D eigenvalue weighted by atomic mass is 10.0. The first-order valence-electron chi connectivity index (χ1n) is 10.3. The van der Waals surface area contributed by atoms with E-state index in [0.717, 1.165) is 0 Å². The fourth-order valence-electron chi connectivity index (χ4n) is 4.52. The van der Waals surface area contributed by atoms with Crippen LogP contribution in [0.2, 0.25) is 37.3 Å². The van der Waals surface area contributed by atoms with Crippen LogP contribution in [0.4, 0.5) is 0 Å². The lowest BCUT2D eigenvalue weighted by molar-refractivity contribution is 0.790. The van der Waals surface area contributed by atoms with Gasteiger partial charge in [0, 0.05) is 5.04 Å². The van der Waals surface area contributed by atoms with Gasteiger partial charge in [-0.05, 0) is 44.9 Å². The Bertz CT molecular complexity index is 748. The van der Waals surface area contributed by atoms with Gasteiger partial charge in [-0.3, -0.25) is 0 Å². The van der Waals surface area contributed by atoms with Crippen molar-refractivity contribution in [2.75, 3.05) is 0 Å². The molecule has 0 amide bonds. The highest BCUT2D eigenvalue weighted by Crippen LogP contribution is 2.53. The smallest absolute Gasteiger partial charge is 0.0656 e. The SMILES string of the molecule is CCCC[Si](C)(c1cc(C)cc([Si](C)(C)C)c1)C1(C)[C]=C(C)C(C)=C1C. The fourth-order valence-corrected chi connectivity index (χ4v) is 10.8. The summed E-state index contributed by atoms with van der Waals surface area (Å²) in [6.45, 7) is 24.1. The van der Waals surface area contributed by atoms with Gasteiger partial charge in [-0.15, -0.1) is 0 Å². The molecule has 0 nitrogen and oxygen atoms in total. The number of hydrogen-bond donors (Lipinski definition) is 0. The first-order chi connectivity index (χ1) is 11.9. The van der Waals surface area contributed by atoms with Crippen molar-refractivity contribution in [1.82, 2.24) is 0 Å². The van der Waals surface area contributed by atoms with E-state index in [4.69, 9.17) is 0 Å². The zero-order valence-electron chi connectivity index (χ0n) is 18.9. The van der Waals surface area contributed by atoms with E-state index < -0.39 is 16.1 Å². The standard InChI is InChI=1S/C24H39Si2/c1-11-12-13-26(10,24(6)17-19(3)20(4)21(24)5)23-15-18(2)14-22(16-23)25(7,8)9/h14-16H,11-13H2,1-10H3. The summed E-state index contributed by atoms with van der Waals surface area (Å²) in [4.78, 5) is 0. The molecule has 2 unspecified atom stereocenters. The van der Waals surface area contributed by atoms with Gasteiger partial charge in [0.1, 0.15) is 0 Å². The largest absolute Gasteiger partial charge is 0.0984 e. The molecule has 0 N–H and O–H groups in total. The average Bonchev–Trinajstić information content (AvgIpc) is 2.75. The van der Waals surface area contributed by atoms with Crippen molar-refractivity contribution in [2.45, 2.75) is 91.7 Å². The van der Waals surface area contributed by atoms with Crippen molar-refractivity contribution in [3.05, 3.63) is 46.6 Å². The molecule has 0 bridgehead atoms. The van der Waals surface area contributed by atoms with Crippen molar-refractivity contribution in [3.63, 3.8) is 0 Å². The van der Waals surface area contributed by atoms with Crippen molar-refractivity contribution < 1.29 is 0 Å². The molecular formula is C24H39Si2. The van der Waals surface area contributed by atoms with E-state index in [9.17, 15) is 0 Å². The summed E-state index contributed by atoms with van der Waals surface area (Å²) in [7, 11) is -3.12. The van der Waals surface area contributed by atoms with Gasteiger partial charge in [-0.1, -0.05) is 98.6 Å². The number of hydrogen-bond acceptors (Lipinski definition) is 0. The zero-order chi connectivity index (χ0) is 19.9. The van der Waals surface area contributed by atoms with E-state index in [0.29, 0.717) is 0 Å². The van der Waals surface area contributed by atoms with Crippen LogP contribution in [-0.4, -0.2) is 16.1 Å². The topological polar surface area (TPSA) is 0 Å². The van der Waals surface area contributed by atoms with Crippen LogP contribution in [-0.2, 0) is 0 Å².